The molecule has 0 fully saturated rings. The molecule has 0 saturated heterocycles. The van der Waals surface area contributed by atoms with E-state index in [1.54, 1.807) is 11.8 Å². The lowest BCUT2D eigenvalue weighted by Crippen LogP contribution is -2.31. The van der Waals surface area contributed by atoms with Crippen molar-refractivity contribution in [3.63, 3.8) is 0 Å². The summed E-state index contributed by atoms with van der Waals surface area (Å²) in [6.45, 7) is 6.03. The molecule has 2 aromatic rings. The number of carbonyl (C=O) groups excluding carboxylic acids is 1. The number of ether oxygens (including phenoxy) is 1. The molecule has 1 amide bonds. The second kappa shape index (κ2) is 8.06. The highest BCUT2D eigenvalue weighted by Crippen LogP contribution is 2.19. The van der Waals surface area contributed by atoms with E-state index in [0.29, 0.717) is 0 Å². The van der Waals surface area contributed by atoms with E-state index in [2.05, 4.69) is 23.5 Å². The quantitative estimate of drug-likeness (QED) is 0.804. The minimum Gasteiger partial charge on any atom is -0.484 e. The van der Waals surface area contributed by atoms with E-state index < -0.39 is 0 Å². The largest absolute Gasteiger partial charge is 0.484 e. The Hall–Kier alpha value is -1.94. The number of hydrogen-bond acceptors (Lipinski definition) is 3. The summed E-state index contributed by atoms with van der Waals surface area (Å²) < 4.78 is 5.59. The number of thioether (sulfide) groups is 1. The number of hydrogen-bond donors (Lipinski definition) is 1. The summed E-state index contributed by atoms with van der Waals surface area (Å²) in [6.07, 6.45) is 2.05. The average molecular weight is 329 g/mol. The first-order valence-electron chi connectivity index (χ1n) is 7.62. The number of rotatable bonds is 6. The van der Waals surface area contributed by atoms with Crippen LogP contribution in [-0.4, -0.2) is 18.8 Å². The predicted molar refractivity (Wildman–Crippen MR) is 96.2 cm³/mol. The first-order valence-corrected chi connectivity index (χ1v) is 8.85. The summed E-state index contributed by atoms with van der Waals surface area (Å²) in [5, 5.41) is 2.96. The van der Waals surface area contributed by atoms with Gasteiger partial charge in [-0.25, -0.2) is 0 Å². The summed E-state index contributed by atoms with van der Waals surface area (Å²) in [5.74, 6) is 0.611. The Kier molecular flexibility index (Phi) is 6.11. The Morgan fingerprint density at radius 2 is 1.74 bits per heavy atom. The van der Waals surface area contributed by atoms with Crippen LogP contribution in [0.25, 0.3) is 0 Å². The maximum Gasteiger partial charge on any atom is 0.258 e. The summed E-state index contributed by atoms with van der Waals surface area (Å²) in [7, 11) is 0. The predicted octanol–water partition coefficient (Wildman–Crippen LogP) is 4.28. The summed E-state index contributed by atoms with van der Waals surface area (Å²) in [5.41, 5.74) is 3.34. The lowest BCUT2D eigenvalue weighted by Gasteiger charge is -2.15. The fourth-order valence-electron chi connectivity index (χ4n) is 2.42. The van der Waals surface area contributed by atoms with Gasteiger partial charge in [-0.1, -0.05) is 18.2 Å². The van der Waals surface area contributed by atoms with E-state index in [1.165, 1.54) is 4.90 Å². The molecule has 0 radical (unpaired) electrons. The molecule has 3 nitrogen and oxygen atoms in total. The maximum absolute atomic E-state index is 12.1. The Labute approximate surface area is 142 Å². The van der Waals surface area contributed by atoms with E-state index in [9.17, 15) is 4.79 Å². The van der Waals surface area contributed by atoms with Crippen molar-refractivity contribution < 1.29 is 9.53 Å². The number of nitrogens with one attached hydrogen (secondary N) is 1. The normalized spacial score (nSPS) is 11.8. The van der Waals surface area contributed by atoms with Gasteiger partial charge in [-0.3, -0.25) is 4.79 Å². The highest BCUT2D eigenvalue weighted by atomic mass is 32.2. The van der Waals surface area contributed by atoms with E-state index >= 15 is 0 Å². The molecule has 122 valence electrons. The number of amides is 1. The minimum absolute atomic E-state index is 0.0239. The zero-order valence-corrected chi connectivity index (χ0v) is 14.9. The van der Waals surface area contributed by atoms with Gasteiger partial charge in [0, 0.05) is 4.90 Å². The number of benzene rings is 2. The Balaban J connectivity index is 1.88. The summed E-state index contributed by atoms with van der Waals surface area (Å²) in [4.78, 5) is 13.3. The molecule has 0 aliphatic heterocycles. The molecule has 0 saturated carbocycles. The van der Waals surface area contributed by atoms with Gasteiger partial charge in [0.25, 0.3) is 5.91 Å². The molecule has 2 aromatic carbocycles. The first-order chi connectivity index (χ1) is 11.0. The third-order valence-electron chi connectivity index (χ3n) is 3.56. The van der Waals surface area contributed by atoms with Crippen LogP contribution < -0.4 is 10.1 Å². The highest BCUT2D eigenvalue weighted by Gasteiger charge is 2.10. The molecule has 0 heterocycles. The fraction of sp³-hybridized carbons (Fsp3) is 0.316. The van der Waals surface area contributed by atoms with E-state index in [1.807, 2.05) is 51.3 Å². The fourth-order valence-corrected chi connectivity index (χ4v) is 2.83. The topological polar surface area (TPSA) is 38.3 Å². The van der Waals surface area contributed by atoms with Gasteiger partial charge in [0.1, 0.15) is 5.75 Å². The van der Waals surface area contributed by atoms with Gasteiger partial charge < -0.3 is 10.1 Å². The lowest BCUT2D eigenvalue weighted by molar-refractivity contribution is -0.123. The van der Waals surface area contributed by atoms with E-state index in [0.717, 1.165) is 22.4 Å². The van der Waals surface area contributed by atoms with Gasteiger partial charge in [0.15, 0.2) is 6.61 Å². The summed E-state index contributed by atoms with van der Waals surface area (Å²) >= 11 is 1.70. The standard InChI is InChI=1S/C19H23NO2S/c1-13-9-14(2)11-17(10-13)22-12-19(21)20-15(3)16-5-7-18(23-4)8-6-16/h5-11,15H,12H2,1-4H3,(H,20,21). The number of aryl methyl sites for hydroxylation is 2. The van der Waals surface area contributed by atoms with Gasteiger partial charge in [0.2, 0.25) is 0 Å². The van der Waals surface area contributed by atoms with Crippen molar-refractivity contribution in [2.75, 3.05) is 12.9 Å². The van der Waals surface area contributed by atoms with E-state index in [4.69, 9.17) is 4.74 Å². The van der Waals surface area contributed by atoms with Crippen LogP contribution in [0.1, 0.15) is 29.7 Å². The Morgan fingerprint density at radius 3 is 2.30 bits per heavy atom. The zero-order chi connectivity index (χ0) is 16.8. The Morgan fingerprint density at radius 1 is 1.13 bits per heavy atom. The van der Waals surface area contributed by atoms with Gasteiger partial charge in [-0.15, -0.1) is 11.8 Å². The molecular formula is C19H23NO2S. The van der Waals surface area contributed by atoms with Crippen LogP contribution in [0.15, 0.2) is 47.4 Å². The molecule has 2 rings (SSSR count). The van der Waals surface area contributed by atoms with Crippen LogP contribution in [0, 0.1) is 13.8 Å². The SMILES string of the molecule is CSc1ccc(C(C)NC(=O)COc2cc(C)cc(C)c2)cc1. The molecule has 0 spiro atoms. The molecule has 1 N–H and O–H groups in total. The van der Waals surface area contributed by atoms with Crippen molar-refractivity contribution in [3.8, 4) is 5.75 Å². The van der Waals surface area contributed by atoms with Crippen LogP contribution in [0.5, 0.6) is 5.75 Å². The van der Waals surface area contributed by atoms with Crippen LogP contribution in [0.3, 0.4) is 0 Å². The molecule has 0 aromatic heterocycles. The molecule has 23 heavy (non-hydrogen) atoms. The van der Waals surface area contributed by atoms with Crippen molar-refractivity contribution in [1.82, 2.24) is 5.32 Å². The van der Waals surface area contributed by atoms with Crippen molar-refractivity contribution in [1.29, 1.82) is 0 Å². The average Bonchev–Trinajstić information content (AvgIpc) is 2.52. The van der Waals surface area contributed by atoms with Crippen LogP contribution in [0.2, 0.25) is 0 Å². The van der Waals surface area contributed by atoms with Crippen LogP contribution in [-0.2, 0) is 4.79 Å². The second-order valence-electron chi connectivity index (χ2n) is 5.67. The summed E-state index contributed by atoms with van der Waals surface area (Å²) in [6, 6.07) is 14.1. The minimum atomic E-state index is -0.120. The third kappa shape index (κ3) is 5.32. The molecule has 0 aliphatic carbocycles. The molecule has 1 unspecified atom stereocenters. The van der Waals surface area contributed by atoms with Gasteiger partial charge in [-0.05, 0) is 68.0 Å². The Bertz CT molecular complexity index is 647. The number of carbonyl (C=O) groups is 1. The van der Waals surface area contributed by atoms with Gasteiger partial charge >= 0.3 is 0 Å². The first kappa shape index (κ1) is 17.4. The lowest BCUT2D eigenvalue weighted by atomic mass is 10.1. The molecule has 0 bridgehead atoms. The van der Waals surface area contributed by atoms with E-state index in [-0.39, 0.29) is 18.6 Å². The van der Waals surface area contributed by atoms with Crippen LogP contribution in [0.4, 0.5) is 0 Å². The van der Waals surface area contributed by atoms with Crippen LogP contribution >= 0.6 is 11.8 Å². The van der Waals surface area contributed by atoms with Gasteiger partial charge in [0.05, 0.1) is 6.04 Å². The highest BCUT2D eigenvalue weighted by molar-refractivity contribution is 7.98. The monoisotopic (exact) mass is 329 g/mol. The smallest absolute Gasteiger partial charge is 0.258 e. The van der Waals surface area contributed by atoms with Crippen molar-refractivity contribution >= 4 is 17.7 Å². The maximum atomic E-state index is 12.1. The third-order valence-corrected chi connectivity index (χ3v) is 4.30. The van der Waals surface area contributed by atoms with Gasteiger partial charge in [-0.2, -0.15) is 0 Å². The molecular weight excluding hydrogens is 306 g/mol. The van der Waals surface area contributed by atoms with Crippen molar-refractivity contribution in [3.05, 3.63) is 59.2 Å². The zero-order valence-electron chi connectivity index (χ0n) is 14.1. The molecule has 1 atom stereocenters. The molecule has 4 heteroatoms. The molecule has 0 aliphatic rings. The van der Waals surface area contributed by atoms with Crippen molar-refractivity contribution in [2.45, 2.75) is 31.7 Å². The second-order valence-corrected chi connectivity index (χ2v) is 6.55. The van der Waals surface area contributed by atoms with Crippen molar-refractivity contribution in [2.24, 2.45) is 0 Å².